The molecule has 2 aromatic rings. The molecule has 23 heavy (non-hydrogen) atoms. The van der Waals surface area contributed by atoms with Gasteiger partial charge in [-0.3, -0.25) is 9.48 Å². The number of imidazole rings is 1. The molecule has 0 aliphatic carbocycles. The Balaban J connectivity index is 1.50. The van der Waals surface area contributed by atoms with Gasteiger partial charge in [0.15, 0.2) is 0 Å². The first-order valence-corrected chi connectivity index (χ1v) is 8.20. The van der Waals surface area contributed by atoms with Crippen LogP contribution in [0.4, 0.5) is 0 Å². The van der Waals surface area contributed by atoms with Gasteiger partial charge in [0, 0.05) is 38.1 Å². The molecule has 0 spiro atoms. The van der Waals surface area contributed by atoms with E-state index < -0.39 is 0 Å². The SMILES string of the molecule is Cc1cc(C)n([C@@H]2CCN(C(=O)c3cn4c(n3)CNCC4)C2)n1. The van der Waals surface area contributed by atoms with Crippen LogP contribution < -0.4 is 5.32 Å². The number of hydrogen-bond donors (Lipinski definition) is 1. The maximum atomic E-state index is 12.7. The molecule has 0 radical (unpaired) electrons. The van der Waals surface area contributed by atoms with Crippen molar-refractivity contribution in [1.29, 1.82) is 0 Å². The van der Waals surface area contributed by atoms with E-state index in [4.69, 9.17) is 0 Å². The molecule has 1 saturated heterocycles. The predicted octanol–water partition coefficient (Wildman–Crippen LogP) is 0.887. The second kappa shape index (κ2) is 5.49. The molecule has 0 bridgehead atoms. The highest BCUT2D eigenvalue weighted by molar-refractivity contribution is 5.92. The van der Waals surface area contributed by atoms with Gasteiger partial charge in [0.1, 0.15) is 11.5 Å². The summed E-state index contributed by atoms with van der Waals surface area (Å²) in [6, 6.07) is 2.35. The number of amides is 1. The number of carbonyl (C=O) groups excluding carboxylic acids is 1. The molecule has 1 fully saturated rings. The van der Waals surface area contributed by atoms with E-state index in [1.54, 1.807) is 0 Å². The third kappa shape index (κ3) is 2.55. The van der Waals surface area contributed by atoms with Crippen molar-refractivity contribution in [2.75, 3.05) is 19.6 Å². The zero-order valence-electron chi connectivity index (χ0n) is 13.6. The van der Waals surface area contributed by atoms with Gasteiger partial charge in [0.05, 0.1) is 18.3 Å². The molecule has 1 atom stereocenters. The molecule has 2 aliphatic rings. The number of aryl methyl sites for hydroxylation is 2. The van der Waals surface area contributed by atoms with Crippen molar-refractivity contribution in [1.82, 2.24) is 29.5 Å². The molecule has 0 saturated carbocycles. The van der Waals surface area contributed by atoms with Crippen molar-refractivity contribution in [3.05, 3.63) is 35.2 Å². The minimum Gasteiger partial charge on any atom is -0.335 e. The normalized spacial score (nSPS) is 20.8. The van der Waals surface area contributed by atoms with Crippen LogP contribution in [0.3, 0.4) is 0 Å². The molecule has 122 valence electrons. The lowest BCUT2D eigenvalue weighted by atomic mass is 10.2. The Kier molecular flexibility index (Phi) is 3.45. The molecular formula is C16H22N6O. The molecule has 7 nitrogen and oxygen atoms in total. The molecule has 4 rings (SSSR count). The van der Waals surface area contributed by atoms with Crippen molar-refractivity contribution >= 4 is 5.91 Å². The minimum atomic E-state index is 0.0379. The van der Waals surface area contributed by atoms with Gasteiger partial charge in [0.25, 0.3) is 5.91 Å². The number of aromatic nitrogens is 4. The lowest BCUT2D eigenvalue weighted by molar-refractivity contribution is 0.0781. The fourth-order valence-corrected chi connectivity index (χ4v) is 3.60. The maximum Gasteiger partial charge on any atom is 0.274 e. The second-order valence-electron chi connectivity index (χ2n) is 6.48. The molecule has 0 aromatic carbocycles. The Bertz CT molecular complexity index is 722. The number of hydrogen-bond acceptors (Lipinski definition) is 4. The summed E-state index contributed by atoms with van der Waals surface area (Å²) in [5, 5.41) is 7.84. The van der Waals surface area contributed by atoms with Crippen molar-refractivity contribution in [2.45, 2.75) is 39.4 Å². The molecular weight excluding hydrogens is 292 g/mol. The minimum absolute atomic E-state index is 0.0379. The summed E-state index contributed by atoms with van der Waals surface area (Å²) >= 11 is 0. The number of likely N-dealkylation sites (tertiary alicyclic amines) is 1. The van der Waals surface area contributed by atoms with Crippen LogP contribution >= 0.6 is 0 Å². The lowest BCUT2D eigenvalue weighted by Gasteiger charge is -2.16. The van der Waals surface area contributed by atoms with Crippen molar-refractivity contribution in [2.24, 2.45) is 0 Å². The molecule has 7 heteroatoms. The number of nitrogens with one attached hydrogen (secondary N) is 1. The van der Waals surface area contributed by atoms with Gasteiger partial charge in [-0.05, 0) is 26.3 Å². The van der Waals surface area contributed by atoms with E-state index in [0.717, 1.165) is 49.8 Å². The summed E-state index contributed by atoms with van der Waals surface area (Å²) in [5.41, 5.74) is 2.75. The summed E-state index contributed by atoms with van der Waals surface area (Å²) in [6.45, 7) is 8.10. The van der Waals surface area contributed by atoms with Crippen LogP contribution in [0.5, 0.6) is 0 Å². The van der Waals surface area contributed by atoms with Gasteiger partial charge < -0.3 is 14.8 Å². The second-order valence-corrected chi connectivity index (χ2v) is 6.48. The van der Waals surface area contributed by atoms with E-state index in [2.05, 4.69) is 37.6 Å². The van der Waals surface area contributed by atoms with Crippen LogP contribution in [-0.4, -0.2) is 49.8 Å². The summed E-state index contributed by atoms with van der Waals surface area (Å²) in [7, 11) is 0. The number of rotatable bonds is 2. The van der Waals surface area contributed by atoms with Gasteiger partial charge in [0.2, 0.25) is 0 Å². The van der Waals surface area contributed by atoms with Crippen LogP contribution in [0.2, 0.25) is 0 Å². The fourth-order valence-electron chi connectivity index (χ4n) is 3.60. The zero-order chi connectivity index (χ0) is 16.0. The standard InChI is InChI=1S/C16H22N6O/c1-11-7-12(2)22(19-11)13-3-5-21(9-13)16(23)14-10-20-6-4-17-8-15(20)18-14/h7,10,13,17H,3-6,8-9H2,1-2H3/t13-/m1/s1. The van der Waals surface area contributed by atoms with Gasteiger partial charge in [-0.1, -0.05) is 0 Å². The quantitative estimate of drug-likeness (QED) is 0.894. The van der Waals surface area contributed by atoms with Crippen LogP contribution in [0.15, 0.2) is 12.3 Å². The molecule has 0 unspecified atom stereocenters. The summed E-state index contributed by atoms with van der Waals surface area (Å²) in [4.78, 5) is 19.1. The fraction of sp³-hybridized carbons (Fsp3) is 0.562. The monoisotopic (exact) mass is 314 g/mol. The first-order chi connectivity index (χ1) is 11.1. The van der Waals surface area contributed by atoms with Crippen LogP contribution in [0, 0.1) is 13.8 Å². The first-order valence-electron chi connectivity index (χ1n) is 8.20. The van der Waals surface area contributed by atoms with Crippen LogP contribution in [-0.2, 0) is 13.1 Å². The largest absolute Gasteiger partial charge is 0.335 e. The Morgan fingerprint density at radius 1 is 1.35 bits per heavy atom. The van der Waals surface area contributed by atoms with Crippen molar-refractivity contribution in [3.63, 3.8) is 0 Å². The van der Waals surface area contributed by atoms with E-state index >= 15 is 0 Å². The Morgan fingerprint density at radius 2 is 2.22 bits per heavy atom. The highest BCUT2D eigenvalue weighted by Gasteiger charge is 2.31. The van der Waals surface area contributed by atoms with Crippen molar-refractivity contribution < 1.29 is 4.79 Å². The zero-order valence-corrected chi connectivity index (χ0v) is 13.6. The van der Waals surface area contributed by atoms with E-state index in [1.807, 2.05) is 18.0 Å². The molecule has 2 aliphatic heterocycles. The molecule has 4 heterocycles. The summed E-state index contributed by atoms with van der Waals surface area (Å²) in [5.74, 6) is 0.991. The molecule has 1 N–H and O–H groups in total. The van der Waals surface area contributed by atoms with E-state index in [9.17, 15) is 4.79 Å². The van der Waals surface area contributed by atoms with Crippen LogP contribution in [0.25, 0.3) is 0 Å². The summed E-state index contributed by atoms with van der Waals surface area (Å²) in [6.07, 6.45) is 2.85. The van der Waals surface area contributed by atoms with Crippen molar-refractivity contribution in [3.8, 4) is 0 Å². The van der Waals surface area contributed by atoms with Crippen LogP contribution in [0.1, 0.15) is 40.2 Å². The summed E-state index contributed by atoms with van der Waals surface area (Å²) < 4.78 is 4.14. The maximum absolute atomic E-state index is 12.7. The lowest BCUT2D eigenvalue weighted by Crippen LogP contribution is -2.29. The van der Waals surface area contributed by atoms with E-state index in [1.165, 1.54) is 0 Å². The van der Waals surface area contributed by atoms with Gasteiger partial charge in [-0.25, -0.2) is 4.98 Å². The number of fused-ring (bicyclic) bond motifs is 1. The Hall–Kier alpha value is -2.15. The van der Waals surface area contributed by atoms with Gasteiger partial charge >= 0.3 is 0 Å². The Labute approximate surface area is 135 Å². The highest BCUT2D eigenvalue weighted by Crippen LogP contribution is 2.24. The van der Waals surface area contributed by atoms with E-state index in [-0.39, 0.29) is 11.9 Å². The average Bonchev–Trinajstić information content (AvgIpc) is 3.24. The van der Waals surface area contributed by atoms with E-state index in [0.29, 0.717) is 12.2 Å². The first kappa shape index (κ1) is 14.4. The predicted molar refractivity (Wildman–Crippen MR) is 85.2 cm³/mol. The Morgan fingerprint density at radius 3 is 2.96 bits per heavy atom. The number of carbonyl (C=O) groups is 1. The smallest absolute Gasteiger partial charge is 0.274 e. The molecule has 2 aromatic heterocycles. The topological polar surface area (TPSA) is 68.0 Å². The number of nitrogens with zero attached hydrogens (tertiary/aromatic N) is 5. The third-order valence-electron chi connectivity index (χ3n) is 4.73. The third-order valence-corrected chi connectivity index (χ3v) is 4.73. The molecule has 1 amide bonds. The average molecular weight is 314 g/mol. The van der Waals surface area contributed by atoms with Gasteiger partial charge in [-0.15, -0.1) is 0 Å². The van der Waals surface area contributed by atoms with Gasteiger partial charge in [-0.2, -0.15) is 5.10 Å². The highest BCUT2D eigenvalue weighted by atomic mass is 16.2.